The second-order valence-corrected chi connectivity index (χ2v) is 19.3. The minimum absolute atomic E-state index is 0. The average Bonchev–Trinajstić information content (AvgIpc) is 4.03. The van der Waals surface area contributed by atoms with Gasteiger partial charge >= 0.3 is 19.5 Å². The average molecular weight is 1100 g/mol. The number of nitrogens with zero attached hydrogens (tertiary/aromatic N) is 10. The van der Waals surface area contributed by atoms with E-state index in [9.17, 15) is 35.9 Å². The lowest BCUT2D eigenvalue weighted by Gasteiger charge is -2.32. The number of halogens is 7. The Kier molecular flexibility index (Phi) is 19.2. The number of carbonyl (C=O) groups excluding carboxylic acids is 2. The van der Waals surface area contributed by atoms with Crippen molar-refractivity contribution in [3.63, 3.8) is 0 Å². The third-order valence-corrected chi connectivity index (χ3v) is 12.6. The zero-order valence-electron chi connectivity index (χ0n) is 44.2. The summed E-state index contributed by atoms with van der Waals surface area (Å²) in [6.45, 7) is 20.1. The van der Waals surface area contributed by atoms with Crippen LogP contribution in [-0.2, 0) is 35.8 Å². The van der Waals surface area contributed by atoms with Crippen LogP contribution in [0.15, 0.2) is 90.2 Å². The normalized spacial score (nSPS) is 14.7. The molecule has 7 rings (SSSR count). The van der Waals surface area contributed by atoms with E-state index in [4.69, 9.17) is 18.8 Å². The molecule has 7 heterocycles. The number of amides is 2. The van der Waals surface area contributed by atoms with Crippen molar-refractivity contribution in [3.05, 3.63) is 124 Å². The van der Waals surface area contributed by atoms with Gasteiger partial charge in [0.1, 0.15) is 24.6 Å². The fourth-order valence-electron chi connectivity index (χ4n) is 7.15. The molecule has 0 aromatic carbocycles. The molecule has 0 N–H and O–H groups in total. The van der Waals surface area contributed by atoms with E-state index in [1.807, 2.05) is 86.8 Å². The third-order valence-electron chi connectivity index (χ3n) is 12.0. The summed E-state index contributed by atoms with van der Waals surface area (Å²) in [5, 5.41) is 8.68. The van der Waals surface area contributed by atoms with Gasteiger partial charge in [-0.15, -0.1) is 0 Å². The van der Waals surface area contributed by atoms with Gasteiger partial charge < -0.3 is 30.0 Å². The van der Waals surface area contributed by atoms with Gasteiger partial charge in [-0.3, -0.25) is 23.9 Å². The minimum Gasteiger partial charge on any atom is -1.00 e. The van der Waals surface area contributed by atoms with Crippen LogP contribution in [0.1, 0.15) is 100 Å². The molecule has 400 valence electrons. The monoisotopic (exact) mass is 1100 g/mol. The predicted octanol–water partition coefficient (Wildman–Crippen LogP) is 9.46. The van der Waals surface area contributed by atoms with E-state index in [0.29, 0.717) is 34.5 Å². The molecule has 0 saturated carbocycles. The van der Waals surface area contributed by atoms with Crippen LogP contribution in [0.4, 0.5) is 26.3 Å². The smallest absolute Gasteiger partial charge is 0.516 e. The van der Waals surface area contributed by atoms with Crippen LogP contribution in [0.2, 0.25) is 0 Å². The van der Waals surface area contributed by atoms with Crippen LogP contribution in [0.5, 0.6) is 11.8 Å². The number of pyridine rings is 4. The van der Waals surface area contributed by atoms with Crippen molar-refractivity contribution in [2.45, 2.75) is 105 Å². The molecule has 1 saturated heterocycles. The molecule has 2 atom stereocenters. The molecule has 2 amide bonds. The van der Waals surface area contributed by atoms with Gasteiger partial charge in [0.15, 0.2) is 0 Å². The minimum atomic E-state index is -4.46. The highest BCUT2D eigenvalue weighted by Crippen LogP contribution is 2.36. The van der Waals surface area contributed by atoms with E-state index in [-0.39, 0.29) is 74.3 Å². The maximum atomic E-state index is 13.3. The Bertz CT molecular complexity index is 2820. The number of likely N-dealkylation sites (N-methyl/N-ethyl adjacent to an activating group) is 2. The Morgan fingerprint density at radius 1 is 0.689 bits per heavy atom. The van der Waals surface area contributed by atoms with E-state index in [2.05, 4.69) is 46.1 Å². The SMILES string of the molecule is CCN(C(=O)c1ncc(C)cc1-c1ccn(C)n1)[C@@H](C)COc1ccc(C(F)(F)F)cn1.CCN(C(=O)c1ncc(C)cc1Br)[C@@H](C)COc1ccc(C(F)(F)F)cn1.Cn1ccc(B2OC(C)(C)C(C)(C)O2)n1.[2H-]. The molecule has 16 nitrogen and oxygen atoms in total. The zero-order chi connectivity index (χ0) is 54.9. The van der Waals surface area contributed by atoms with Crippen molar-refractivity contribution in [3.8, 4) is 23.0 Å². The number of aryl methyl sites for hydroxylation is 4. The van der Waals surface area contributed by atoms with Crippen LogP contribution in [0, 0.1) is 13.8 Å². The fraction of sp³-hybridized carbons (Fsp3) is 0.440. The number of alkyl halides is 6. The number of carbonyl (C=O) groups is 2. The van der Waals surface area contributed by atoms with Gasteiger partial charge in [0.25, 0.3) is 11.8 Å². The molecule has 0 bridgehead atoms. The number of aromatic nitrogens is 8. The van der Waals surface area contributed by atoms with Gasteiger partial charge in [0.05, 0.1) is 45.7 Å². The Morgan fingerprint density at radius 2 is 1.14 bits per heavy atom. The van der Waals surface area contributed by atoms with Crippen LogP contribution in [0.3, 0.4) is 0 Å². The lowest BCUT2D eigenvalue weighted by molar-refractivity contribution is -0.138. The standard InChI is InChI=1S/C22H24F3N5O2.C18H19BrF3N3O2.C10H17BN2O2.H/c1-5-30(15(3)13-32-19-7-6-16(12-26-19)22(23,24)25)21(31)20-17(10-14(2)11-27-20)18-8-9-29(4)28-18;1-4-25(17(26)16-14(19)7-11(2)8-24-16)12(3)10-27-15-6-5-13(9-23-15)18(20,21)22;1-9(2)10(3,4)15-11(14-9)8-6-7-13(5)12-8;/h6-12,15H,5,13H2,1-4H3;5-9,12H,4,10H2,1-3H3;6-7H,1-5H3;/q;;;-1/t15-;12-;;/m00../s1/i;;;1+1. The molecule has 24 heteroatoms. The van der Waals surface area contributed by atoms with Crippen molar-refractivity contribution < 1.29 is 56.1 Å². The largest absolute Gasteiger partial charge is 1.00 e. The predicted molar refractivity (Wildman–Crippen MR) is 270 cm³/mol. The van der Waals surface area contributed by atoms with Crippen molar-refractivity contribution in [2.75, 3.05) is 26.3 Å². The van der Waals surface area contributed by atoms with Gasteiger partial charge in [-0.1, -0.05) is 0 Å². The number of hydrogen-bond donors (Lipinski definition) is 0. The van der Waals surface area contributed by atoms with Gasteiger partial charge in [-0.25, -0.2) is 15.0 Å². The summed E-state index contributed by atoms with van der Waals surface area (Å²) >= 11 is 3.35. The first kappa shape index (κ1) is 58.5. The van der Waals surface area contributed by atoms with Crippen LogP contribution in [-0.4, -0.2) is 118 Å². The number of hydrogen-bond acceptors (Lipinski definition) is 12. The number of ether oxygens (including phenoxy) is 2. The Balaban J connectivity index is 0.000000256. The van der Waals surface area contributed by atoms with Gasteiger partial charge in [-0.05, 0) is 133 Å². The van der Waals surface area contributed by atoms with Crippen molar-refractivity contribution >= 4 is 40.5 Å². The highest BCUT2D eigenvalue weighted by Gasteiger charge is 2.52. The molecular weight excluding hydrogens is 1040 g/mol. The van der Waals surface area contributed by atoms with Gasteiger partial charge in [-0.2, -0.15) is 36.5 Å². The lowest BCUT2D eigenvalue weighted by atomic mass is 9.85. The van der Waals surface area contributed by atoms with Crippen molar-refractivity contribution in [1.29, 1.82) is 0 Å². The van der Waals surface area contributed by atoms with Crippen LogP contribution in [0.25, 0.3) is 11.3 Å². The molecule has 0 radical (unpaired) electrons. The fourth-order valence-corrected chi connectivity index (χ4v) is 7.78. The zero-order valence-corrected chi connectivity index (χ0v) is 44.8. The molecule has 74 heavy (non-hydrogen) atoms. The van der Waals surface area contributed by atoms with E-state index in [1.165, 1.54) is 0 Å². The molecule has 1 fully saturated rings. The molecule has 0 aliphatic carbocycles. The summed E-state index contributed by atoms with van der Waals surface area (Å²) in [4.78, 5) is 45.2. The van der Waals surface area contributed by atoms with E-state index in [0.717, 1.165) is 53.4 Å². The Morgan fingerprint density at radius 3 is 1.53 bits per heavy atom. The first-order valence-electron chi connectivity index (χ1n) is 23.4. The summed E-state index contributed by atoms with van der Waals surface area (Å²) in [5.41, 5.74) is 2.20. The maximum absolute atomic E-state index is 13.3. The molecule has 6 aromatic rings. The molecular formula is C50H61BBrF6N10O6-. The Hall–Kier alpha value is -6.40. The van der Waals surface area contributed by atoms with E-state index < -0.39 is 23.5 Å². The molecule has 1 aliphatic rings. The summed E-state index contributed by atoms with van der Waals surface area (Å²) in [6, 6.07) is 10.8. The topological polar surface area (TPSA) is 165 Å². The highest BCUT2D eigenvalue weighted by molar-refractivity contribution is 9.10. The summed E-state index contributed by atoms with van der Waals surface area (Å²) in [5.74, 6) is -0.436. The van der Waals surface area contributed by atoms with E-state index >= 15 is 0 Å². The first-order valence-corrected chi connectivity index (χ1v) is 24.2. The Labute approximate surface area is 436 Å². The molecule has 0 unspecified atom stereocenters. The number of rotatable bonds is 14. The molecule has 1 aliphatic heterocycles. The van der Waals surface area contributed by atoms with E-state index in [1.54, 1.807) is 64.7 Å². The summed E-state index contributed by atoms with van der Waals surface area (Å²) in [6.07, 6.45) is -0.555. The second-order valence-electron chi connectivity index (χ2n) is 18.4. The van der Waals surface area contributed by atoms with Crippen LogP contribution < -0.4 is 15.1 Å². The maximum Gasteiger partial charge on any atom is 0.516 e. The first-order chi connectivity index (χ1) is 34.5. The summed E-state index contributed by atoms with van der Waals surface area (Å²) < 4.78 is 102. The van der Waals surface area contributed by atoms with Gasteiger partial charge in [0.2, 0.25) is 11.8 Å². The quantitative estimate of drug-likeness (QED) is 0.0751. The molecule has 0 spiro atoms. The lowest BCUT2D eigenvalue weighted by Crippen LogP contribution is -2.42. The van der Waals surface area contributed by atoms with Crippen molar-refractivity contribution in [2.24, 2.45) is 14.1 Å². The second kappa shape index (κ2) is 24.3. The third kappa shape index (κ3) is 15.1. The molecule has 6 aromatic heterocycles. The van der Waals surface area contributed by atoms with Crippen molar-refractivity contribution in [1.82, 2.24) is 49.3 Å². The van der Waals surface area contributed by atoms with Gasteiger partial charge in [0, 0.05) is 86.5 Å². The summed E-state index contributed by atoms with van der Waals surface area (Å²) in [7, 11) is 3.33. The highest BCUT2D eigenvalue weighted by atomic mass is 79.9. The van der Waals surface area contributed by atoms with Crippen LogP contribution >= 0.6 is 15.9 Å².